The summed E-state index contributed by atoms with van der Waals surface area (Å²) in [5.41, 5.74) is -11.1. The van der Waals surface area contributed by atoms with Gasteiger partial charge in [0.05, 0.1) is 13.2 Å². The third kappa shape index (κ3) is 1.62. The first-order valence-electron chi connectivity index (χ1n) is 5.93. The molecule has 0 atom stereocenters. The molecule has 0 saturated heterocycles. The highest BCUT2D eigenvalue weighted by Crippen LogP contribution is 2.70. The fourth-order valence-electron chi connectivity index (χ4n) is 2.35. The molecule has 2 fully saturated rings. The molecular weight excluding hydrogens is 402 g/mol. The van der Waals surface area contributed by atoms with Crippen LogP contribution >= 0.6 is 0 Å². The number of halogens is 14. The topological polar surface area (TPSA) is 9.23 Å². The first-order chi connectivity index (χ1) is 10.7. The number of hydrogen-bond donors (Lipinski definition) is 0. The van der Waals surface area contributed by atoms with Crippen molar-refractivity contribution in [1.29, 1.82) is 0 Å². The molecule has 15 heteroatoms. The minimum absolute atomic E-state index is 2.94. The van der Waals surface area contributed by atoms with Crippen molar-refractivity contribution in [3.63, 3.8) is 0 Å². The Hall–Kier alpha value is -1.02. The van der Waals surface area contributed by atoms with Gasteiger partial charge in [-0.1, -0.05) is 0 Å². The van der Waals surface area contributed by atoms with Gasteiger partial charge in [-0.15, -0.1) is 0 Å². The van der Waals surface area contributed by atoms with Gasteiger partial charge in [0, 0.05) is 0 Å². The number of alkyl halides is 14. The van der Waals surface area contributed by atoms with E-state index in [1.165, 1.54) is 0 Å². The number of ether oxygens (including phenoxy) is 1. The highest BCUT2D eigenvalue weighted by atomic mass is 19.4. The number of hydrogen-bond acceptors (Lipinski definition) is 1. The summed E-state index contributed by atoms with van der Waals surface area (Å²) in [6.07, 6.45) is 0. The van der Waals surface area contributed by atoms with Gasteiger partial charge in [-0.05, 0) is 0 Å². The summed E-state index contributed by atoms with van der Waals surface area (Å²) < 4.78 is 182. The van der Waals surface area contributed by atoms with Crippen LogP contribution in [0.2, 0.25) is 0 Å². The lowest BCUT2D eigenvalue weighted by molar-refractivity contribution is -0.489. The predicted octanol–water partition coefficient (Wildman–Crippen LogP) is 4.26. The molecule has 0 amide bonds. The van der Waals surface area contributed by atoms with Crippen molar-refractivity contribution in [3.05, 3.63) is 0 Å². The summed E-state index contributed by atoms with van der Waals surface area (Å²) in [6, 6.07) is 0. The molecule has 0 spiro atoms. The maximum atomic E-state index is 13.4. The van der Waals surface area contributed by atoms with E-state index in [1.54, 1.807) is 0 Å². The van der Waals surface area contributed by atoms with E-state index in [2.05, 4.69) is 4.74 Å². The van der Waals surface area contributed by atoms with Gasteiger partial charge in [0.25, 0.3) is 11.3 Å². The zero-order chi connectivity index (χ0) is 20.1. The average molecular weight is 406 g/mol. The minimum Gasteiger partial charge on any atom is -0.374 e. The number of rotatable bonds is 4. The molecule has 0 aromatic heterocycles. The van der Waals surface area contributed by atoms with Gasteiger partial charge in [0.1, 0.15) is 0 Å². The van der Waals surface area contributed by atoms with Gasteiger partial charge in [-0.3, -0.25) is 0 Å². The van der Waals surface area contributed by atoms with E-state index >= 15 is 0 Å². The molecule has 0 N–H and O–H groups in total. The van der Waals surface area contributed by atoms with Crippen LogP contribution in [0, 0.1) is 0 Å². The minimum atomic E-state index is -6.23. The van der Waals surface area contributed by atoms with Gasteiger partial charge >= 0.3 is 35.5 Å². The summed E-state index contributed by atoms with van der Waals surface area (Å²) in [6.45, 7) is -5.88. The first kappa shape index (κ1) is 20.3. The zero-order valence-corrected chi connectivity index (χ0v) is 11.1. The molecule has 25 heavy (non-hydrogen) atoms. The van der Waals surface area contributed by atoms with E-state index in [0.29, 0.717) is 0 Å². The molecule has 2 aliphatic carbocycles. The molecule has 148 valence electrons. The van der Waals surface area contributed by atoms with Crippen LogP contribution in [0.5, 0.6) is 0 Å². The zero-order valence-electron chi connectivity index (χ0n) is 11.1. The summed E-state index contributed by atoms with van der Waals surface area (Å²) in [7, 11) is 0. The fourth-order valence-corrected chi connectivity index (χ4v) is 2.35. The summed E-state index contributed by atoms with van der Waals surface area (Å²) in [5.74, 6) is -37.0. The Morgan fingerprint density at radius 1 is 0.360 bits per heavy atom. The quantitative estimate of drug-likeness (QED) is 0.635. The van der Waals surface area contributed by atoms with E-state index in [-0.39, 0.29) is 0 Å². The van der Waals surface area contributed by atoms with Crippen molar-refractivity contribution in [2.24, 2.45) is 0 Å². The van der Waals surface area contributed by atoms with Crippen LogP contribution in [0.25, 0.3) is 0 Å². The van der Waals surface area contributed by atoms with Crippen LogP contribution in [0.4, 0.5) is 61.5 Å². The molecule has 0 bridgehead atoms. The second kappa shape index (κ2) is 4.44. The molecule has 2 aliphatic rings. The molecule has 2 rings (SSSR count). The second-order valence-corrected chi connectivity index (χ2v) is 5.54. The normalized spacial score (nSPS) is 33.8. The highest BCUT2D eigenvalue weighted by molar-refractivity contribution is 5.29. The smallest absolute Gasteiger partial charge is 0.374 e. The van der Waals surface area contributed by atoms with Crippen LogP contribution in [-0.4, -0.2) is 60.1 Å². The van der Waals surface area contributed by atoms with Gasteiger partial charge in [-0.25, -0.2) is 8.78 Å². The molecule has 1 nitrogen and oxygen atoms in total. The summed E-state index contributed by atoms with van der Waals surface area (Å²) >= 11 is 0. The molecule has 0 unspecified atom stereocenters. The van der Waals surface area contributed by atoms with E-state index < -0.39 is 60.1 Å². The van der Waals surface area contributed by atoms with Gasteiger partial charge < -0.3 is 4.74 Å². The molecule has 0 heterocycles. The Bertz CT molecular complexity index is 494. The van der Waals surface area contributed by atoms with Crippen molar-refractivity contribution in [3.8, 4) is 0 Å². The summed E-state index contributed by atoms with van der Waals surface area (Å²) in [4.78, 5) is 0. The maximum absolute atomic E-state index is 13.4. The Balaban J connectivity index is 2.17. The average Bonchev–Trinajstić information content (AvgIpc) is 2.44. The van der Waals surface area contributed by atoms with Gasteiger partial charge in [0.15, 0.2) is 0 Å². The van der Waals surface area contributed by atoms with E-state index in [1.807, 2.05) is 0 Å². The third-order valence-corrected chi connectivity index (χ3v) is 4.17. The van der Waals surface area contributed by atoms with E-state index in [0.717, 1.165) is 0 Å². The Kier molecular flexibility index (Phi) is 3.61. The molecular formula is C10H4F14O. The maximum Gasteiger partial charge on any atom is 0.379 e. The Labute approximate surface area is 127 Å². The van der Waals surface area contributed by atoms with Crippen molar-refractivity contribution in [2.45, 2.75) is 46.9 Å². The van der Waals surface area contributed by atoms with Gasteiger partial charge in [-0.2, -0.15) is 52.7 Å². The van der Waals surface area contributed by atoms with Gasteiger partial charge in [0.2, 0.25) is 0 Å². The van der Waals surface area contributed by atoms with E-state index in [9.17, 15) is 61.5 Å². The van der Waals surface area contributed by atoms with Crippen LogP contribution < -0.4 is 0 Å². The predicted molar refractivity (Wildman–Crippen MR) is 48.2 cm³/mol. The Morgan fingerprint density at radius 2 is 0.560 bits per heavy atom. The lowest BCUT2D eigenvalue weighted by Crippen LogP contribution is -2.87. The highest BCUT2D eigenvalue weighted by Gasteiger charge is 3.01. The third-order valence-electron chi connectivity index (χ3n) is 4.17. The fraction of sp³-hybridized carbons (Fsp3) is 1.00. The second-order valence-electron chi connectivity index (χ2n) is 5.54. The van der Waals surface area contributed by atoms with Crippen molar-refractivity contribution in [2.75, 3.05) is 13.2 Å². The van der Waals surface area contributed by atoms with E-state index in [4.69, 9.17) is 0 Å². The lowest BCUT2D eigenvalue weighted by atomic mass is 9.69. The van der Waals surface area contributed by atoms with Crippen LogP contribution in [0.3, 0.4) is 0 Å². The SMILES string of the molecule is FC1(F)C(F)(F)C(F)(COCC2(F)C(F)(F)C(F)(F)C2(F)F)C1(F)F. The lowest BCUT2D eigenvalue weighted by Gasteiger charge is -2.55. The van der Waals surface area contributed by atoms with Crippen molar-refractivity contribution >= 4 is 0 Å². The monoisotopic (exact) mass is 406 g/mol. The van der Waals surface area contributed by atoms with Crippen LogP contribution in [0.15, 0.2) is 0 Å². The largest absolute Gasteiger partial charge is 0.379 e. The molecule has 0 aliphatic heterocycles. The Morgan fingerprint density at radius 3 is 0.760 bits per heavy atom. The van der Waals surface area contributed by atoms with Crippen LogP contribution in [-0.2, 0) is 4.74 Å². The van der Waals surface area contributed by atoms with Crippen LogP contribution in [0.1, 0.15) is 0 Å². The van der Waals surface area contributed by atoms with Crippen molar-refractivity contribution < 1.29 is 66.2 Å². The molecule has 0 aromatic rings. The molecule has 2 saturated carbocycles. The molecule has 0 radical (unpaired) electrons. The van der Waals surface area contributed by atoms with Crippen molar-refractivity contribution in [1.82, 2.24) is 0 Å². The summed E-state index contributed by atoms with van der Waals surface area (Å²) in [5, 5.41) is 0. The standard InChI is InChI=1S/C10H4F14O/c11-3(5(13,14)9(21,22)6(3,15)16)1-25-2-4(12)7(17,18)10(23,24)8(4,19)20/h1-2H2. The first-order valence-corrected chi connectivity index (χ1v) is 5.93. The molecule has 0 aromatic carbocycles.